The third kappa shape index (κ3) is 4.08. The summed E-state index contributed by atoms with van der Waals surface area (Å²) in [5.74, 6) is 1.92. The summed E-state index contributed by atoms with van der Waals surface area (Å²) in [5.41, 5.74) is 4.46. The van der Waals surface area contributed by atoms with E-state index in [1.165, 1.54) is 29.5 Å². The monoisotopic (exact) mass is 324 g/mol. The zero-order chi connectivity index (χ0) is 14.6. The molecule has 0 heterocycles. The van der Waals surface area contributed by atoms with Crippen molar-refractivity contribution in [3.8, 4) is 0 Å². The van der Waals surface area contributed by atoms with Crippen molar-refractivity contribution < 1.29 is 0 Å². The average molecular weight is 325 g/mol. The molecular formula is C18H29Br. The van der Waals surface area contributed by atoms with Crippen molar-refractivity contribution in [3.05, 3.63) is 34.9 Å². The molecule has 0 nitrogen and oxygen atoms in total. The first kappa shape index (κ1) is 16.8. The van der Waals surface area contributed by atoms with Gasteiger partial charge >= 0.3 is 0 Å². The van der Waals surface area contributed by atoms with Gasteiger partial charge in [-0.1, -0.05) is 88.5 Å². The fraction of sp³-hybridized carbons (Fsp3) is 0.667. The molecule has 0 radical (unpaired) electrons. The zero-order valence-corrected chi connectivity index (χ0v) is 14.9. The Morgan fingerprint density at radius 1 is 0.895 bits per heavy atom. The molecule has 0 amide bonds. The van der Waals surface area contributed by atoms with Gasteiger partial charge in [0.15, 0.2) is 0 Å². The summed E-state index contributed by atoms with van der Waals surface area (Å²) in [5, 5.41) is 0. The maximum absolute atomic E-state index is 3.95. The van der Waals surface area contributed by atoms with Gasteiger partial charge in [-0.15, -0.1) is 0 Å². The molecule has 0 N–H and O–H groups in total. The summed E-state index contributed by atoms with van der Waals surface area (Å²) in [7, 11) is 0. The lowest BCUT2D eigenvalue weighted by atomic mass is 9.86. The molecule has 0 aliphatic carbocycles. The molecule has 1 rings (SSSR count). The summed E-state index contributed by atoms with van der Waals surface area (Å²) in [6.45, 7) is 13.7. The van der Waals surface area contributed by atoms with Crippen LogP contribution in [-0.2, 0) is 0 Å². The van der Waals surface area contributed by atoms with Gasteiger partial charge in [-0.3, -0.25) is 0 Å². The highest BCUT2D eigenvalue weighted by Crippen LogP contribution is 2.39. The van der Waals surface area contributed by atoms with Crippen molar-refractivity contribution in [1.29, 1.82) is 0 Å². The normalized spacial score (nSPS) is 13.6. The Morgan fingerprint density at radius 3 is 1.89 bits per heavy atom. The fourth-order valence-electron chi connectivity index (χ4n) is 2.66. The summed E-state index contributed by atoms with van der Waals surface area (Å²) in [6, 6.07) is 7.08. The van der Waals surface area contributed by atoms with Gasteiger partial charge in [0.05, 0.1) is 0 Å². The second-order valence-electron chi connectivity index (χ2n) is 6.18. The van der Waals surface area contributed by atoms with Gasteiger partial charge < -0.3 is 0 Å². The highest BCUT2D eigenvalue weighted by Gasteiger charge is 2.21. The van der Waals surface area contributed by atoms with Crippen LogP contribution in [0.5, 0.6) is 0 Å². The Hall–Kier alpha value is -0.300. The molecule has 1 heteroatoms. The number of hydrogen-bond donors (Lipinski definition) is 0. The standard InChI is InChI=1S/C18H29Br/c1-7-14(8-2)18(19)16-10-9-15(12(3)4)11-17(16)13(5)6/h9-14,18H,7-8H2,1-6H3. The van der Waals surface area contributed by atoms with Crippen molar-refractivity contribution in [3.63, 3.8) is 0 Å². The third-order valence-corrected chi connectivity index (χ3v) is 5.40. The maximum atomic E-state index is 3.95. The van der Waals surface area contributed by atoms with Crippen LogP contribution >= 0.6 is 15.9 Å². The van der Waals surface area contributed by atoms with Gasteiger partial charge in [0.25, 0.3) is 0 Å². The van der Waals surface area contributed by atoms with Crippen molar-refractivity contribution in [2.24, 2.45) is 5.92 Å². The zero-order valence-electron chi connectivity index (χ0n) is 13.3. The van der Waals surface area contributed by atoms with Crippen LogP contribution in [0.25, 0.3) is 0 Å². The molecule has 19 heavy (non-hydrogen) atoms. The van der Waals surface area contributed by atoms with E-state index >= 15 is 0 Å². The maximum Gasteiger partial charge on any atom is 0.0426 e. The van der Waals surface area contributed by atoms with Gasteiger partial charge in [-0.2, -0.15) is 0 Å². The summed E-state index contributed by atoms with van der Waals surface area (Å²) >= 11 is 3.95. The smallest absolute Gasteiger partial charge is 0.0426 e. The molecule has 0 saturated carbocycles. The Kier molecular flexibility index (Phi) is 6.59. The van der Waals surface area contributed by atoms with Crippen LogP contribution in [0, 0.1) is 5.92 Å². The van der Waals surface area contributed by atoms with Gasteiger partial charge in [0, 0.05) is 4.83 Å². The van der Waals surface area contributed by atoms with E-state index < -0.39 is 0 Å². The Balaban J connectivity index is 3.19. The topological polar surface area (TPSA) is 0 Å². The van der Waals surface area contributed by atoms with Crippen LogP contribution < -0.4 is 0 Å². The molecule has 108 valence electrons. The number of hydrogen-bond acceptors (Lipinski definition) is 0. The molecule has 0 aromatic heterocycles. The van der Waals surface area contributed by atoms with Crippen molar-refractivity contribution in [2.45, 2.75) is 71.0 Å². The molecule has 1 unspecified atom stereocenters. The van der Waals surface area contributed by atoms with E-state index in [4.69, 9.17) is 0 Å². The molecule has 0 bridgehead atoms. The highest BCUT2D eigenvalue weighted by molar-refractivity contribution is 9.09. The molecule has 1 atom stereocenters. The van der Waals surface area contributed by atoms with Crippen LogP contribution in [0.15, 0.2) is 18.2 Å². The molecule has 1 aromatic carbocycles. The van der Waals surface area contributed by atoms with Gasteiger partial charge in [0.2, 0.25) is 0 Å². The van der Waals surface area contributed by atoms with E-state index in [0.29, 0.717) is 16.7 Å². The lowest BCUT2D eigenvalue weighted by Crippen LogP contribution is -2.09. The van der Waals surface area contributed by atoms with E-state index in [-0.39, 0.29) is 0 Å². The number of alkyl halides is 1. The summed E-state index contributed by atoms with van der Waals surface area (Å²) in [6.07, 6.45) is 2.46. The summed E-state index contributed by atoms with van der Waals surface area (Å²) in [4.78, 5) is 0.487. The SMILES string of the molecule is CCC(CC)C(Br)c1ccc(C(C)C)cc1C(C)C. The van der Waals surface area contributed by atoms with Crippen molar-refractivity contribution in [2.75, 3.05) is 0 Å². The van der Waals surface area contributed by atoms with Crippen molar-refractivity contribution >= 4 is 15.9 Å². The van der Waals surface area contributed by atoms with E-state index in [1.54, 1.807) is 0 Å². The minimum atomic E-state index is 0.487. The van der Waals surface area contributed by atoms with Crippen LogP contribution in [0.2, 0.25) is 0 Å². The Bertz CT molecular complexity index is 389. The van der Waals surface area contributed by atoms with E-state index in [0.717, 1.165) is 5.92 Å². The van der Waals surface area contributed by atoms with Crippen LogP contribution in [0.4, 0.5) is 0 Å². The number of halogens is 1. The Labute approximate surface area is 128 Å². The van der Waals surface area contributed by atoms with Crippen LogP contribution in [0.1, 0.15) is 87.7 Å². The lowest BCUT2D eigenvalue weighted by Gasteiger charge is -2.25. The van der Waals surface area contributed by atoms with Gasteiger partial charge in [0.1, 0.15) is 0 Å². The first-order chi connectivity index (χ1) is 8.92. The van der Waals surface area contributed by atoms with Crippen molar-refractivity contribution in [1.82, 2.24) is 0 Å². The van der Waals surface area contributed by atoms with Gasteiger partial charge in [-0.25, -0.2) is 0 Å². The lowest BCUT2D eigenvalue weighted by molar-refractivity contribution is 0.484. The van der Waals surface area contributed by atoms with E-state index in [1.807, 2.05) is 0 Å². The number of rotatable bonds is 6. The average Bonchev–Trinajstić information content (AvgIpc) is 2.39. The number of benzene rings is 1. The predicted molar refractivity (Wildman–Crippen MR) is 90.4 cm³/mol. The van der Waals surface area contributed by atoms with E-state index in [9.17, 15) is 0 Å². The molecule has 0 fully saturated rings. The fourth-order valence-corrected chi connectivity index (χ4v) is 3.82. The first-order valence-corrected chi connectivity index (χ1v) is 8.61. The summed E-state index contributed by atoms with van der Waals surface area (Å²) < 4.78 is 0. The van der Waals surface area contributed by atoms with Crippen LogP contribution in [0.3, 0.4) is 0 Å². The second kappa shape index (κ2) is 7.47. The third-order valence-electron chi connectivity index (χ3n) is 4.16. The van der Waals surface area contributed by atoms with Crippen LogP contribution in [-0.4, -0.2) is 0 Å². The molecule has 0 aliphatic rings. The largest absolute Gasteiger partial charge is 0.0836 e. The minimum absolute atomic E-state index is 0.487. The van der Waals surface area contributed by atoms with Gasteiger partial charge in [-0.05, 0) is 34.4 Å². The highest BCUT2D eigenvalue weighted by atomic mass is 79.9. The minimum Gasteiger partial charge on any atom is -0.0836 e. The molecule has 1 aromatic rings. The molecule has 0 spiro atoms. The molecular weight excluding hydrogens is 296 g/mol. The predicted octanol–water partition coefficient (Wildman–Crippen LogP) is 6.81. The van der Waals surface area contributed by atoms with E-state index in [2.05, 4.69) is 75.7 Å². The molecule has 0 saturated heterocycles. The second-order valence-corrected chi connectivity index (χ2v) is 7.16. The molecule has 0 aliphatic heterocycles. The quantitative estimate of drug-likeness (QED) is 0.504. The first-order valence-electron chi connectivity index (χ1n) is 7.70. The Morgan fingerprint density at radius 2 is 1.47 bits per heavy atom.